The largest absolute Gasteiger partial charge is 0.447 e. The lowest BCUT2D eigenvalue weighted by Crippen LogP contribution is -2.25. The highest BCUT2D eigenvalue weighted by Gasteiger charge is 2.25. The third-order valence-corrected chi connectivity index (χ3v) is 3.52. The highest BCUT2D eigenvalue weighted by atomic mass is 32.1. The standard InChI is InChI=1S/C12H13N5O2S/c1-8(9-6-20-7-14-9)15-11-13-3-2-10(16-11)17-4-5-19-12(17)18/h2-3,6-8H,4-5H2,1H3,(H,13,15,16). The van der Waals surface area contributed by atoms with Crippen molar-refractivity contribution >= 4 is 29.2 Å². The van der Waals surface area contributed by atoms with E-state index in [0.29, 0.717) is 24.9 Å². The van der Waals surface area contributed by atoms with Crippen molar-refractivity contribution in [3.05, 3.63) is 28.8 Å². The van der Waals surface area contributed by atoms with Crippen molar-refractivity contribution in [2.45, 2.75) is 13.0 Å². The Hall–Kier alpha value is -2.22. The van der Waals surface area contributed by atoms with Gasteiger partial charge in [0.2, 0.25) is 5.95 Å². The first-order valence-corrected chi connectivity index (χ1v) is 7.10. The van der Waals surface area contributed by atoms with Crippen LogP contribution in [0.2, 0.25) is 0 Å². The molecule has 1 atom stereocenters. The van der Waals surface area contributed by atoms with E-state index in [1.807, 2.05) is 12.3 Å². The van der Waals surface area contributed by atoms with Gasteiger partial charge in [-0.3, -0.25) is 4.90 Å². The minimum atomic E-state index is -0.373. The molecule has 1 aliphatic heterocycles. The van der Waals surface area contributed by atoms with E-state index in [1.165, 1.54) is 4.90 Å². The van der Waals surface area contributed by atoms with E-state index >= 15 is 0 Å². The second-order valence-electron chi connectivity index (χ2n) is 4.28. The highest BCUT2D eigenvalue weighted by Crippen LogP contribution is 2.20. The maximum absolute atomic E-state index is 11.5. The fraction of sp³-hybridized carbons (Fsp3) is 0.333. The Morgan fingerprint density at radius 1 is 1.50 bits per heavy atom. The predicted octanol–water partition coefficient (Wildman–Crippen LogP) is 2.06. The van der Waals surface area contributed by atoms with Gasteiger partial charge in [0.25, 0.3) is 0 Å². The Bertz CT molecular complexity index is 604. The van der Waals surface area contributed by atoms with Crippen molar-refractivity contribution in [3.8, 4) is 0 Å². The Labute approximate surface area is 119 Å². The topological polar surface area (TPSA) is 80.2 Å². The highest BCUT2D eigenvalue weighted by molar-refractivity contribution is 7.07. The SMILES string of the molecule is CC(Nc1nccc(N2CCOC2=O)n1)c1cscn1. The fourth-order valence-corrected chi connectivity index (χ4v) is 2.52. The molecule has 1 fully saturated rings. The summed E-state index contributed by atoms with van der Waals surface area (Å²) in [6.45, 7) is 2.88. The molecule has 1 unspecified atom stereocenters. The Morgan fingerprint density at radius 2 is 2.40 bits per heavy atom. The Balaban J connectivity index is 1.76. The van der Waals surface area contributed by atoms with Crippen LogP contribution in [0, 0.1) is 0 Å². The summed E-state index contributed by atoms with van der Waals surface area (Å²) < 4.78 is 4.90. The van der Waals surface area contributed by atoms with Gasteiger partial charge in [0.1, 0.15) is 12.4 Å². The van der Waals surface area contributed by atoms with Gasteiger partial charge < -0.3 is 10.1 Å². The first-order valence-electron chi connectivity index (χ1n) is 6.16. The van der Waals surface area contributed by atoms with Gasteiger partial charge in [-0.1, -0.05) is 0 Å². The van der Waals surface area contributed by atoms with E-state index in [0.717, 1.165) is 5.69 Å². The number of aromatic nitrogens is 3. The van der Waals surface area contributed by atoms with Crippen LogP contribution in [0.5, 0.6) is 0 Å². The lowest BCUT2D eigenvalue weighted by atomic mass is 10.3. The molecular formula is C12H13N5O2S. The molecule has 7 nitrogen and oxygen atoms in total. The Morgan fingerprint density at radius 3 is 3.10 bits per heavy atom. The number of carbonyl (C=O) groups excluding carboxylic acids is 1. The molecule has 1 N–H and O–H groups in total. The summed E-state index contributed by atoms with van der Waals surface area (Å²) >= 11 is 1.54. The van der Waals surface area contributed by atoms with E-state index < -0.39 is 0 Å². The molecule has 0 bridgehead atoms. The van der Waals surface area contributed by atoms with Crippen LogP contribution in [-0.2, 0) is 4.74 Å². The molecule has 20 heavy (non-hydrogen) atoms. The van der Waals surface area contributed by atoms with Crippen LogP contribution in [0.4, 0.5) is 16.6 Å². The number of thiazole rings is 1. The molecule has 2 aromatic heterocycles. The number of nitrogens with one attached hydrogen (secondary N) is 1. The summed E-state index contributed by atoms with van der Waals surface area (Å²) in [4.78, 5) is 25.7. The van der Waals surface area contributed by atoms with Crippen LogP contribution in [-0.4, -0.2) is 34.2 Å². The van der Waals surface area contributed by atoms with E-state index in [2.05, 4.69) is 20.3 Å². The monoisotopic (exact) mass is 291 g/mol. The van der Waals surface area contributed by atoms with Crippen LogP contribution >= 0.6 is 11.3 Å². The molecule has 8 heteroatoms. The van der Waals surface area contributed by atoms with Crippen LogP contribution < -0.4 is 10.2 Å². The van der Waals surface area contributed by atoms with Crippen molar-refractivity contribution in [1.29, 1.82) is 0 Å². The van der Waals surface area contributed by atoms with Gasteiger partial charge in [-0.15, -0.1) is 11.3 Å². The zero-order chi connectivity index (χ0) is 13.9. The molecule has 1 aliphatic rings. The van der Waals surface area contributed by atoms with Gasteiger partial charge in [-0.2, -0.15) is 4.98 Å². The van der Waals surface area contributed by atoms with Gasteiger partial charge in [0.05, 0.1) is 23.8 Å². The predicted molar refractivity (Wildman–Crippen MR) is 74.9 cm³/mol. The molecular weight excluding hydrogens is 278 g/mol. The molecule has 0 aliphatic carbocycles. The smallest absolute Gasteiger partial charge is 0.415 e. The second kappa shape index (κ2) is 5.41. The molecule has 0 spiro atoms. The van der Waals surface area contributed by atoms with Crippen LogP contribution in [0.25, 0.3) is 0 Å². The van der Waals surface area contributed by atoms with Crippen molar-refractivity contribution in [3.63, 3.8) is 0 Å². The first kappa shape index (κ1) is 12.8. The van der Waals surface area contributed by atoms with Gasteiger partial charge in [0.15, 0.2) is 0 Å². The molecule has 3 heterocycles. The minimum Gasteiger partial charge on any atom is -0.447 e. The number of hydrogen-bond donors (Lipinski definition) is 1. The summed E-state index contributed by atoms with van der Waals surface area (Å²) in [6, 6.07) is 1.69. The van der Waals surface area contributed by atoms with E-state index in [1.54, 1.807) is 29.1 Å². The maximum atomic E-state index is 11.5. The quantitative estimate of drug-likeness (QED) is 0.928. The van der Waals surface area contributed by atoms with Gasteiger partial charge in [-0.05, 0) is 13.0 Å². The van der Waals surface area contributed by atoms with Crippen molar-refractivity contribution in [1.82, 2.24) is 15.0 Å². The third kappa shape index (κ3) is 2.55. The molecule has 1 saturated heterocycles. The average Bonchev–Trinajstić information content (AvgIpc) is 3.10. The summed E-state index contributed by atoms with van der Waals surface area (Å²) in [5.41, 5.74) is 2.72. The number of anilines is 2. The van der Waals surface area contributed by atoms with Gasteiger partial charge >= 0.3 is 6.09 Å². The van der Waals surface area contributed by atoms with Crippen molar-refractivity contribution in [2.24, 2.45) is 0 Å². The lowest BCUT2D eigenvalue weighted by molar-refractivity contribution is 0.181. The summed E-state index contributed by atoms with van der Waals surface area (Å²) in [5, 5.41) is 5.14. The zero-order valence-electron chi connectivity index (χ0n) is 10.8. The second-order valence-corrected chi connectivity index (χ2v) is 5.00. The molecule has 2 aromatic rings. The third-order valence-electron chi connectivity index (χ3n) is 2.92. The summed E-state index contributed by atoms with van der Waals surface area (Å²) in [5.74, 6) is 0.998. The van der Waals surface area contributed by atoms with Crippen LogP contribution in [0.1, 0.15) is 18.7 Å². The summed E-state index contributed by atoms with van der Waals surface area (Å²) in [6.07, 6.45) is 1.24. The fourth-order valence-electron chi connectivity index (χ4n) is 1.87. The molecule has 0 saturated carbocycles. The minimum absolute atomic E-state index is 0.00188. The number of nitrogens with zero attached hydrogens (tertiary/aromatic N) is 4. The zero-order valence-corrected chi connectivity index (χ0v) is 11.6. The molecule has 3 rings (SSSR count). The normalized spacial score (nSPS) is 16.1. The number of hydrogen-bond acceptors (Lipinski definition) is 7. The van der Waals surface area contributed by atoms with E-state index in [9.17, 15) is 4.79 Å². The number of cyclic esters (lactones) is 1. The lowest BCUT2D eigenvalue weighted by Gasteiger charge is -2.14. The van der Waals surface area contributed by atoms with Crippen molar-refractivity contribution < 1.29 is 9.53 Å². The van der Waals surface area contributed by atoms with E-state index in [4.69, 9.17) is 4.74 Å². The molecule has 0 radical (unpaired) electrons. The van der Waals surface area contributed by atoms with Crippen LogP contribution in [0.15, 0.2) is 23.2 Å². The Kier molecular flexibility index (Phi) is 3.46. The number of carbonyl (C=O) groups is 1. The van der Waals surface area contributed by atoms with Gasteiger partial charge in [-0.25, -0.2) is 14.8 Å². The molecule has 0 aromatic carbocycles. The van der Waals surface area contributed by atoms with Gasteiger partial charge in [0, 0.05) is 11.6 Å². The molecule has 1 amide bonds. The average molecular weight is 291 g/mol. The first-order chi connectivity index (χ1) is 9.74. The number of ether oxygens (including phenoxy) is 1. The maximum Gasteiger partial charge on any atom is 0.415 e. The van der Waals surface area contributed by atoms with E-state index in [-0.39, 0.29) is 12.1 Å². The molecule has 104 valence electrons. The number of amides is 1. The van der Waals surface area contributed by atoms with Crippen molar-refractivity contribution in [2.75, 3.05) is 23.4 Å². The number of rotatable bonds is 4. The van der Waals surface area contributed by atoms with Crippen LogP contribution in [0.3, 0.4) is 0 Å². The summed E-state index contributed by atoms with van der Waals surface area (Å²) in [7, 11) is 0.